The Morgan fingerprint density at radius 3 is 2.87 bits per heavy atom. The van der Waals surface area contributed by atoms with Gasteiger partial charge < -0.3 is 20.4 Å². The van der Waals surface area contributed by atoms with E-state index in [4.69, 9.17) is 16.3 Å². The lowest BCUT2D eigenvalue weighted by Crippen LogP contribution is -2.35. The molecule has 0 radical (unpaired) electrons. The second kappa shape index (κ2) is 9.19. The van der Waals surface area contributed by atoms with Crippen molar-refractivity contribution in [3.05, 3.63) is 52.2 Å². The van der Waals surface area contributed by atoms with Crippen LogP contribution in [0.5, 0.6) is 0 Å². The van der Waals surface area contributed by atoms with Crippen LogP contribution in [0, 0.1) is 5.82 Å². The minimum absolute atomic E-state index is 0.183. The molecule has 1 atom stereocenters. The van der Waals surface area contributed by atoms with E-state index in [9.17, 15) is 9.18 Å². The molecule has 0 fully saturated rings. The summed E-state index contributed by atoms with van der Waals surface area (Å²) >= 11 is 5.97. The molecule has 8 nitrogen and oxygen atoms in total. The van der Waals surface area contributed by atoms with Gasteiger partial charge in [-0.15, -0.1) is 0 Å². The molecular formula is C20H22ClFN6O2. The van der Waals surface area contributed by atoms with Crippen LogP contribution in [-0.2, 0) is 4.74 Å². The van der Waals surface area contributed by atoms with Crippen LogP contribution in [0.1, 0.15) is 28.5 Å². The van der Waals surface area contributed by atoms with E-state index < -0.39 is 5.82 Å². The smallest absolute Gasteiger partial charge is 0.255 e. The van der Waals surface area contributed by atoms with Crippen molar-refractivity contribution in [2.24, 2.45) is 4.99 Å². The Bertz CT molecular complexity index is 1110. The van der Waals surface area contributed by atoms with Crippen molar-refractivity contribution < 1.29 is 13.9 Å². The topological polar surface area (TPSA) is 104 Å². The number of aliphatic imine (C=N–C) groups is 1. The zero-order chi connectivity index (χ0) is 21.8. The van der Waals surface area contributed by atoms with E-state index in [0.717, 1.165) is 0 Å². The Hall–Kier alpha value is -3.04. The number of carbonyl (C=O) groups is 1. The normalized spacial score (nSPS) is 12.8. The molecule has 0 unspecified atom stereocenters. The number of hydrogen-bond acceptors (Lipinski definition) is 6. The lowest BCUT2D eigenvalue weighted by molar-refractivity contribution is 0.0907. The van der Waals surface area contributed by atoms with Crippen molar-refractivity contribution in [1.82, 2.24) is 20.3 Å². The van der Waals surface area contributed by atoms with E-state index in [2.05, 4.69) is 30.6 Å². The number of anilines is 1. The largest absolute Gasteiger partial charge is 0.387 e. The molecule has 158 valence electrons. The average molecular weight is 433 g/mol. The van der Waals surface area contributed by atoms with E-state index in [1.807, 2.05) is 6.92 Å². The lowest BCUT2D eigenvalue weighted by Gasteiger charge is -2.13. The summed E-state index contributed by atoms with van der Waals surface area (Å²) < 4.78 is 19.8. The number of amides is 1. The van der Waals surface area contributed by atoms with Gasteiger partial charge in [-0.1, -0.05) is 11.6 Å². The van der Waals surface area contributed by atoms with E-state index in [-0.39, 0.29) is 28.2 Å². The highest BCUT2D eigenvalue weighted by molar-refractivity contribution is 6.31. The third-order valence-corrected chi connectivity index (χ3v) is 4.67. The molecule has 30 heavy (non-hydrogen) atoms. The Morgan fingerprint density at radius 1 is 1.43 bits per heavy atom. The summed E-state index contributed by atoms with van der Waals surface area (Å²) in [4.78, 5) is 28.7. The summed E-state index contributed by atoms with van der Waals surface area (Å²) in [7, 11) is 4.76. The molecule has 2 aromatic heterocycles. The molecule has 0 aliphatic carbocycles. The number of aromatic amines is 1. The quantitative estimate of drug-likeness (QED) is 0.498. The van der Waals surface area contributed by atoms with Crippen LogP contribution >= 0.6 is 11.6 Å². The van der Waals surface area contributed by atoms with Gasteiger partial charge >= 0.3 is 0 Å². The third-order valence-electron chi connectivity index (χ3n) is 4.45. The maximum atomic E-state index is 14.8. The number of halogens is 2. The zero-order valence-corrected chi connectivity index (χ0v) is 17.8. The SMILES string of the molecule is CN=C(c1cnc2[nH]cc(C(=O)N[C@@H](C)COC)c2n1)c1c(F)cc(Cl)cc1NC. The molecule has 0 aliphatic heterocycles. The Balaban J connectivity index is 2.06. The molecule has 1 amide bonds. The highest BCUT2D eigenvalue weighted by atomic mass is 35.5. The number of hydrogen-bond donors (Lipinski definition) is 3. The van der Waals surface area contributed by atoms with E-state index in [1.54, 1.807) is 20.2 Å². The standard InChI is InChI=1S/C20H22ClFN6O2/c1-10(9-30-4)27-20(29)12-7-25-19-17(12)28-15(8-26-19)18(24-3)16-13(22)5-11(21)6-14(16)23-2/h5-8,10,23H,9H2,1-4H3,(H,25,26)(H,27,29)/t10-/m0/s1. The Morgan fingerprint density at radius 2 is 2.20 bits per heavy atom. The number of fused-ring (bicyclic) bond motifs is 1. The molecule has 0 saturated heterocycles. The highest BCUT2D eigenvalue weighted by Gasteiger charge is 2.21. The van der Waals surface area contributed by atoms with Crippen molar-refractivity contribution in [2.75, 3.05) is 33.1 Å². The van der Waals surface area contributed by atoms with Crippen LogP contribution in [0.3, 0.4) is 0 Å². The molecule has 0 saturated carbocycles. The molecule has 3 N–H and O–H groups in total. The van der Waals surface area contributed by atoms with Crippen LogP contribution in [0.4, 0.5) is 10.1 Å². The van der Waals surface area contributed by atoms with Crippen molar-refractivity contribution in [1.29, 1.82) is 0 Å². The van der Waals surface area contributed by atoms with Crippen LogP contribution in [0.2, 0.25) is 5.02 Å². The molecule has 1 aromatic carbocycles. The summed E-state index contributed by atoms with van der Waals surface area (Å²) in [6.45, 7) is 2.21. The first-order valence-corrected chi connectivity index (χ1v) is 9.55. The summed E-state index contributed by atoms with van der Waals surface area (Å²) in [5, 5.41) is 6.02. The number of benzene rings is 1. The first-order valence-electron chi connectivity index (χ1n) is 9.17. The van der Waals surface area contributed by atoms with Crippen molar-refractivity contribution >= 4 is 40.1 Å². The maximum Gasteiger partial charge on any atom is 0.255 e. The molecule has 0 aliphatic rings. The minimum Gasteiger partial charge on any atom is -0.387 e. The fraction of sp³-hybridized carbons (Fsp3) is 0.300. The van der Waals surface area contributed by atoms with Gasteiger partial charge in [0.1, 0.15) is 17.0 Å². The van der Waals surface area contributed by atoms with E-state index >= 15 is 0 Å². The number of ether oxygens (including phenoxy) is 1. The molecule has 3 aromatic rings. The van der Waals surface area contributed by atoms with Crippen molar-refractivity contribution in [3.63, 3.8) is 0 Å². The molecule has 0 spiro atoms. The third kappa shape index (κ3) is 4.27. The van der Waals surface area contributed by atoms with Gasteiger partial charge in [-0.25, -0.2) is 14.4 Å². The van der Waals surface area contributed by atoms with Gasteiger partial charge in [0.25, 0.3) is 5.91 Å². The predicted octanol–water partition coefficient (Wildman–Crippen LogP) is 3.02. The summed E-state index contributed by atoms with van der Waals surface area (Å²) in [6.07, 6.45) is 3.01. The zero-order valence-electron chi connectivity index (χ0n) is 17.0. The van der Waals surface area contributed by atoms with Crippen LogP contribution in [0.25, 0.3) is 11.2 Å². The second-order valence-corrected chi connectivity index (χ2v) is 7.05. The van der Waals surface area contributed by atoms with Crippen LogP contribution in [0.15, 0.2) is 29.5 Å². The predicted molar refractivity (Wildman–Crippen MR) is 115 cm³/mol. The van der Waals surface area contributed by atoms with Gasteiger partial charge in [0, 0.05) is 44.2 Å². The van der Waals surface area contributed by atoms with Gasteiger partial charge in [0.05, 0.1) is 29.6 Å². The fourth-order valence-corrected chi connectivity index (χ4v) is 3.34. The summed E-state index contributed by atoms with van der Waals surface area (Å²) in [5.41, 5.74) is 2.39. The van der Waals surface area contributed by atoms with Crippen molar-refractivity contribution in [3.8, 4) is 0 Å². The number of rotatable bonds is 7. The number of methoxy groups -OCH3 is 1. The van der Waals surface area contributed by atoms with Gasteiger partial charge in [-0.05, 0) is 19.1 Å². The van der Waals surface area contributed by atoms with E-state index in [0.29, 0.717) is 34.7 Å². The monoisotopic (exact) mass is 432 g/mol. The van der Waals surface area contributed by atoms with Crippen LogP contribution in [-0.4, -0.2) is 60.4 Å². The second-order valence-electron chi connectivity index (χ2n) is 6.62. The lowest BCUT2D eigenvalue weighted by atomic mass is 10.0. The van der Waals surface area contributed by atoms with Gasteiger partial charge in [-0.2, -0.15) is 0 Å². The number of aromatic nitrogens is 3. The molecular weight excluding hydrogens is 411 g/mol. The molecule has 3 rings (SSSR count). The van der Waals surface area contributed by atoms with Gasteiger partial charge in [-0.3, -0.25) is 9.79 Å². The van der Waals surface area contributed by atoms with Crippen LogP contribution < -0.4 is 10.6 Å². The molecule has 10 heteroatoms. The molecule has 2 heterocycles. The number of nitrogens with zero attached hydrogens (tertiary/aromatic N) is 3. The first-order chi connectivity index (χ1) is 14.4. The number of H-pyrrole nitrogens is 1. The maximum absolute atomic E-state index is 14.8. The Labute approximate surface area is 177 Å². The fourth-order valence-electron chi connectivity index (χ4n) is 3.14. The van der Waals surface area contributed by atoms with Crippen molar-refractivity contribution in [2.45, 2.75) is 13.0 Å². The minimum atomic E-state index is -0.547. The average Bonchev–Trinajstić information content (AvgIpc) is 3.13. The number of nitrogens with one attached hydrogen (secondary N) is 3. The highest BCUT2D eigenvalue weighted by Crippen LogP contribution is 2.27. The van der Waals surface area contributed by atoms with Gasteiger partial charge in [0.2, 0.25) is 0 Å². The summed E-state index contributed by atoms with van der Waals surface area (Å²) in [6, 6.07) is 2.63. The van der Waals surface area contributed by atoms with Gasteiger partial charge in [0.15, 0.2) is 5.65 Å². The first kappa shape index (κ1) is 21.7. The molecule has 0 bridgehead atoms. The number of carbonyl (C=O) groups excluding carboxylic acids is 1. The Kier molecular flexibility index (Phi) is 6.63. The van der Waals surface area contributed by atoms with E-state index in [1.165, 1.54) is 25.5 Å². The summed E-state index contributed by atoms with van der Waals surface area (Å²) in [5.74, 6) is -0.865.